The lowest BCUT2D eigenvalue weighted by Gasteiger charge is -2.29. The van der Waals surface area contributed by atoms with E-state index in [0.717, 1.165) is 37.7 Å². The first kappa shape index (κ1) is 19.9. The molecule has 1 aromatic carbocycles. The SMILES string of the molecule is CC(C)C(Cc1ccc(F)cc1)NC(=O)C1CCCC(N)C1.Cl. The molecule has 1 aromatic rings. The van der Waals surface area contributed by atoms with Crippen LogP contribution in [0, 0.1) is 17.7 Å². The Morgan fingerprint density at radius 3 is 2.52 bits per heavy atom. The molecule has 1 fully saturated rings. The van der Waals surface area contributed by atoms with Gasteiger partial charge in [-0.1, -0.05) is 32.4 Å². The monoisotopic (exact) mass is 342 g/mol. The predicted molar refractivity (Wildman–Crippen MR) is 94.1 cm³/mol. The fraction of sp³-hybridized carbons (Fsp3) is 0.611. The third kappa shape index (κ3) is 6.11. The maximum Gasteiger partial charge on any atom is 0.223 e. The highest BCUT2D eigenvalue weighted by atomic mass is 35.5. The number of nitrogens with one attached hydrogen (secondary N) is 1. The predicted octanol–water partition coefficient (Wildman–Crippen LogP) is 3.45. The van der Waals surface area contributed by atoms with E-state index >= 15 is 0 Å². The van der Waals surface area contributed by atoms with E-state index in [9.17, 15) is 9.18 Å². The second-order valence-electron chi connectivity index (χ2n) is 6.81. The average Bonchev–Trinajstić information content (AvgIpc) is 2.48. The Hall–Kier alpha value is -1.13. The number of carbonyl (C=O) groups is 1. The van der Waals surface area contributed by atoms with Crippen molar-refractivity contribution in [2.45, 2.75) is 58.0 Å². The van der Waals surface area contributed by atoms with Gasteiger partial charge in [0, 0.05) is 18.0 Å². The van der Waals surface area contributed by atoms with Gasteiger partial charge in [0.2, 0.25) is 5.91 Å². The molecule has 0 radical (unpaired) electrons. The highest BCUT2D eigenvalue weighted by molar-refractivity contribution is 5.85. The van der Waals surface area contributed by atoms with Crippen molar-refractivity contribution in [2.75, 3.05) is 0 Å². The molecule has 0 saturated heterocycles. The van der Waals surface area contributed by atoms with Crippen molar-refractivity contribution in [1.82, 2.24) is 5.32 Å². The van der Waals surface area contributed by atoms with E-state index in [1.165, 1.54) is 12.1 Å². The first-order valence-corrected chi connectivity index (χ1v) is 8.26. The number of carbonyl (C=O) groups excluding carboxylic acids is 1. The molecule has 2 rings (SSSR count). The normalized spacial score (nSPS) is 22.3. The highest BCUT2D eigenvalue weighted by Crippen LogP contribution is 2.24. The third-order valence-electron chi connectivity index (χ3n) is 4.59. The molecule has 0 spiro atoms. The summed E-state index contributed by atoms with van der Waals surface area (Å²) in [5, 5.41) is 3.18. The number of nitrogens with two attached hydrogens (primary N) is 1. The van der Waals surface area contributed by atoms with E-state index < -0.39 is 0 Å². The van der Waals surface area contributed by atoms with Crippen LogP contribution in [0.2, 0.25) is 0 Å². The zero-order chi connectivity index (χ0) is 16.1. The molecule has 130 valence electrons. The van der Waals surface area contributed by atoms with Crippen LogP contribution >= 0.6 is 12.4 Å². The van der Waals surface area contributed by atoms with Crippen molar-refractivity contribution in [3.8, 4) is 0 Å². The summed E-state index contributed by atoms with van der Waals surface area (Å²) in [5.74, 6) is 0.255. The minimum atomic E-state index is -0.231. The van der Waals surface area contributed by atoms with Gasteiger partial charge in [0.25, 0.3) is 0 Å². The lowest BCUT2D eigenvalue weighted by molar-refractivity contribution is -0.127. The summed E-state index contributed by atoms with van der Waals surface area (Å²) in [5.41, 5.74) is 7.02. The van der Waals surface area contributed by atoms with Crippen LogP contribution in [-0.2, 0) is 11.2 Å². The fourth-order valence-corrected chi connectivity index (χ4v) is 3.09. The van der Waals surface area contributed by atoms with Gasteiger partial charge in [-0.15, -0.1) is 12.4 Å². The first-order valence-electron chi connectivity index (χ1n) is 8.26. The van der Waals surface area contributed by atoms with Crippen molar-refractivity contribution in [1.29, 1.82) is 0 Å². The minimum absolute atomic E-state index is 0. The number of hydrogen-bond acceptors (Lipinski definition) is 2. The van der Waals surface area contributed by atoms with Crippen LogP contribution in [-0.4, -0.2) is 18.0 Å². The van der Waals surface area contributed by atoms with Gasteiger partial charge in [-0.2, -0.15) is 0 Å². The molecular weight excluding hydrogens is 315 g/mol. The van der Waals surface area contributed by atoms with Gasteiger partial charge in [0.15, 0.2) is 0 Å². The minimum Gasteiger partial charge on any atom is -0.353 e. The molecular formula is C18H28ClFN2O. The Bertz CT molecular complexity index is 492. The van der Waals surface area contributed by atoms with Gasteiger partial charge in [-0.3, -0.25) is 4.79 Å². The number of amides is 1. The molecule has 0 aliphatic heterocycles. The maximum absolute atomic E-state index is 13.0. The standard InChI is InChI=1S/C18H27FN2O.ClH/c1-12(2)17(10-13-6-8-15(19)9-7-13)21-18(22)14-4-3-5-16(20)11-14;/h6-9,12,14,16-17H,3-5,10-11,20H2,1-2H3,(H,21,22);1H. The smallest absolute Gasteiger partial charge is 0.223 e. The summed E-state index contributed by atoms with van der Waals surface area (Å²) in [6, 6.07) is 6.72. The second-order valence-corrected chi connectivity index (χ2v) is 6.81. The molecule has 1 aliphatic rings. The fourth-order valence-electron chi connectivity index (χ4n) is 3.09. The Balaban J connectivity index is 0.00000264. The molecule has 3 atom stereocenters. The van der Waals surface area contributed by atoms with Crippen LogP contribution in [0.3, 0.4) is 0 Å². The third-order valence-corrected chi connectivity index (χ3v) is 4.59. The second kappa shape index (κ2) is 9.24. The number of benzene rings is 1. The lowest BCUT2D eigenvalue weighted by atomic mass is 9.85. The van der Waals surface area contributed by atoms with E-state index in [4.69, 9.17) is 5.73 Å². The zero-order valence-corrected chi connectivity index (χ0v) is 14.7. The summed E-state index contributed by atoms with van der Waals surface area (Å²) in [6.45, 7) is 4.20. The Morgan fingerprint density at radius 2 is 1.96 bits per heavy atom. The lowest BCUT2D eigenvalue weighted by Crippen LogP contribution is -2.45. The van der Waals surface area contributed by atoms with Gasteiger partial charge in [0.05, 0.1) is 0 Å². The van der Waals surface area contributed by atoms with E-state index in [1.54, 1.807) is 12.1 Å². The number of hydrogen-bond donors (Lipinski definition) is 2. The van der Waals surface area contributed by atoms with Gasteiger partial charge >= 0.3 is 0 Å². The van der Waals surface area contributed by atoms with E-state index in [2.05, 4.69) is 19.2 Å². The summed E-state index contributed by atoms with van der Waals surface area (Å²) < 4.78 is 13.0. The molecule has 5 heteroatoms. The first-order chi connectivity index (χ1) is 10.5. The van der Waals surface area contributed by atoms with Crippen molar-refractivity contribution < 1.29 is 9.18 Å². The zero-order valence-electron chi connectivity index (χ0n) is 13.9. The Morgan fingerprint density at radius 1 is 1.30 bits per heavy atom. The Labute approximate surface area is 144 Å². The molecule has 1 aliphatic carbocycles. The van der Waals surface area contributed by atoms with E-state index in [0.29, 0.717) is 5.92 Å². The largest absolute Gasteiger partial charge is 0.353 e. The molecule has 0 heterocycles. The Kier molecular flexibility index (Phi) is 8.00. The van der Waals surface area contributed by atoms with Gasteiger partial charge in [-0.05, 0) is 49.3 Å². The average molecular weight is 343 g/mol. The van der Waals surface area contributed by atoms with Crippen LogP contribution < -0.4 is 11.1 Å². The summed E-state index contributed by atoms with van der Waals surface area (Å²) >= 11 is 0. The van der Waals surface area contributed by atoms with Crippen LogP contribution in [0.15, 0.2) is 24.3 Å². The summed E-state index contributed by atoms with van der Waals surface area (Å²) in [7, 11) is 0. The topological polar surface area (TPSA) is 55.1 Å². The molecule has 1 amide bonds. The van der Waals surface area contributed by atoms with Gasteiger partial charge < -0.3 is 11.1 Å². The molecule has 23 heavy (non-hydrogen) atoms. The van der Waals surface area contributed by atoms with Crippen LogP contribution in [0.1, 0.15) is 45.1 Å². The van der Waals surface area contributed by atoms with Gasteiger partial charge in [0.1, 0.15) is 5.82 Å². The van der Waals surface area contributed by atoms with Crippen LogP contribution in [0.25, 0.3) is 0 Å². The van der Waals surface area contributed by atoms with Gasteiger partial charge in [-0.25, -0.2) is 4.39 Å². The molecule has 3 unspecified atom stereocenters. The highest BCUT2D eigenvalue weighted by Gasteiger charge is 2.27. The molecule has 3 N–H and O–H groups in total. The summed E-state index contributed by atoms with van der Waals surface area (Å²) in [4.78, 5) is 12.5. The van der Waals surface area contributed by atoms with E-state index in [-0.39, 0.29) is 42.1 Å². The molecule has 3 nitrogen and oxygen atoms in total. The van der Waals surface area contributed by atoms with Crippen molar-refractivity contribution in [3.63, 3.8) is 0 Å². The molecule has 1 saturated carbocycles. The maximum atomic E-state index is 13.0. The number of rotatable bonds is 5. The summed E-state index contributed by atoms with van der Waals surface area (Å²) in [6.07, 6.45) is 4.49. The van der Waals surface area contributed by atoms with Crippen molar-refractivity contribution in [3.05, 3.63) is 35.6 Å². The molecule has 0 aromatic heterocycles. The quantitative estimate of drug-likeness (QED) is 0.861. The van der Waals surface area contributed by atoms with Crippen LogP contribution in [0.4, 0.5) is 4.39 Å². The van der Waals surface area contributed by atoms with Crippen LogP contribution in [0.5, 0.6) is 0 Å². The molecule has 0 bridgehead atoms. The van der Waals surface area contributed by atoms with Crippen molar-refractivity contribution in [2.24, 2.45) is 17.6 Å². The van der Waals surface area contributed by atoms with Crippen molar-refractivity contribution >= 4 is 18.3 Å². The number of halogens is 2. The van der Waals surface area contributed by atoms with E-state index in [1.807, 2.05) is 0 Å².